The van der Waals surface area contributed by atoms with Crippen LogP contribution in [-0.2, 0) is 9.59 Å². The summed E-state index contributed by atoms with van der Waals surface area (Å²) in [6.07, 6.45) is 1.50. The molecule has 0 saturated heterocycles. The number of amides is 3. The predicted octanol–water partition coefficient (Wildman–Crippen LogP) is 6.06. The van der Waals surface area contributed by atoms with Crippen molar-refractivity contribution in [3.05, 3.63) is 123 Å². The Morgan fingerprint density at radius 2 is 1.62 bits per heavy atom. The third-order valence-electron chi connectivity index (χ3n) is 6.45. The normalized spacial score (nSPS) is 10.9. The number of hydrogen-bond donors (Lipinski definition) is 3. The molecule has 0 aliphatic carbocycles. The van der Waals surface area contributed by atoms with Gasteiger partial charge in [0.15, 0.2) is 0 Å². The molecule has 4 aromatic carbocycles. The van der Waals surface area contributed by atoms with Crippen LogP contribution in [-0.4, -0.2) is 42.6 Å². The monoisotopic (exact) mass is 626 g/mol. The van der Waals surface area contributed by atoms with Gasteiger partial charge >= 0.3 is 0 Å². The fraction of sp³-hybridized carbons (Fsp3) is 0.121. The zero-order valence-electron chi connectivity index (χ0n) is 24.7. The topological polar surface area (TPSA) is 149 Å². The summed E-state index contributed by atoms with van der Waals surface area (Å²) in [6.45, 7) is 1.75. The molecule has 11 nitrogen and oxygen atoms in total. The maximum absolute atomic E-state index is 13.4. The number of nitrogens with one attached hydrogen (secondary N) is 3. The molecule has 0 unspecified atom stereocenters. The summed E-state index contributed by atoms with van der Waals surface area (Å²) in [5, 5.41) is 19.3. The minimum atomic E-state index is -0.573. The molecule has 230 valence electrons. The van der Waals surface area contributed by atoms with Gasteiger partial charge in [0.25, 0.3) is 17.5 Å². The van der Waals surface area contributed by atoms with E-state index in [9.17, 15) is 24.5 Å². The predicted molar refractivity (Wildman–Crippen MR) is 174 cm³/mol. The molecule has 0 bridgehead atoms. The van der Waals surface area contributed by atoms with E-state index < -0.39 is 16.7 Å². The van der Waals surface area contributed by atoms with Crippen molar-refractivity contribution in [2.45, 2.75) is 11.8 Å². The van der Waals surface area contributed by atoms with Gasteiger partial charge in [-0.2, -0.15) is 0 Å². The molecule has 12 heteroatoms. The maximum atomic E-state index is 13.4. The average molecular weight is 627 g/mol. The van der Waals surface area contributed by atoms with Gasteiger partial charge in [0.2, 0.25) is 5.91 Å². The fourth-order valence-electron chi connectivity index (χ4n) is 4.08. The standard InChI is InChI=1S/C33H30N4O7S/c1-21-9-12-25(37(41)42)19-28(21)35-31(38)20-45-27-14-10-24(11-15-27)34-33(40)29(36-32(39)22-7-5-4-6-8-22)18-23-17-26(43-2)13-16-30(23)44-3/h4-19H,20H2,1-3H3,(H,34,40)(H,35,38)(H,36,39)/b29-18-. The highest BCUT2D eigenvalue weighted by Gasteiger charge is 2.17. The van der Waals surface area contributed by atoms with Crippen molar-refractivity contribution in [1.29, 1.82) is 0 Å². The number of nitrogens with zero attached hydrogens (tertiary/aromatic N) is 1. The number of nitro groups is 1. The number of methoxy groups -OCH3 is 2. The van der Waals surface area contributed by atoms with Crippen LogP contribution in [0.2, 0.25) is 0 Å². The van der Waals surface area contributed by atoms with Gasteiger partial charge in [-0.15, -0.1) is 11.8 Å². The number of rotatable bonds is 12. The Bertz CT molecular complexity index is 1740. The smallest absolute Gasteiger partial charge is 0.272 e. The van der Waals surface area contributed by atoms with Gasteiger partial charge in [0.05, 0.1) is 30.6 Å². The number of ether oxygens (including phenoxy) is 2. The van der Waals surface area contributed by atoms with E-state index >= 15 is 0 Å². The van der Waals surface area contributed by atoms with Gasteiger partial charge in [-0.05, 0) is 73.2 Å². The molecule has 0 spiro atoms. The van der Waals surface area contributed by atoms with Crippen LogP contribution in [0.25, 0.3) is 6.08 Å². The van der Waals surface area contributed by atoms with Crippen LogP contribution in [0.15, 0.2) is 102 Å². The molecule has 0 aromatic heterocycles. The lowest BCUT2D eigenvalue weighted by molar-refractivity contribution is -0.384. The average Bonchev–Trinajstić information content (AvgIpc) is 3.05. The van der Waals surface area contributed by atoms with E-state index in [4.69, 9.17) is 9.47 Å². The maximum Gasteiger partial charge on any atom is 0.272 e. The Balaban J connectivity index is 1.46. The SMILES string of the molecule is COc1ccc(OC)c(/C=C(\NC(=O)c2ccccc2)C(=O)Nc2ccc(SCC(=O)Nc3cc([N+](=O)[O-])ccc3C)cc2)c1. The van der Waals surface area contributed by atoms with Crippen LogP contribution in [0.3, 0.4) is 0 Å². The number of aryl methyl sites for hydroxylation is 1. The summed E-state index contributed by atoms with van der Waals surface area (Å²) < 4.78 is 10.7. The van der Waals surface area contributed by atoms with E-state index in [1.165, 1.54) is 44.2 Å². The molecule has 0 saturated carbocycles. The number of hydrogen-bond acceptors (Lipinski definition) is 8. The first kappa shape index (κ1) is 32.3. The van der Waals surface area contributed by atoms with Crippen molar-refractivity contribution in [1.82, 2.24) is 5.32 Å². The molecular formula is C33H30N4O7S. The second-order valence-electron chi connectivity index (χ2n) is 9.56. The molecular weight excluding hydrogens is 596 g/mol. The highest BCUT2D eigenvalue weighted by molar-refractivity contribution is 8.00. The lowest BCUT2D eigenvalue weighted by Crippen LogP contribution is -2.30. The first-order valence-corrected chi connectivity index (χ1v) is 14.5. The Morgan fingerprint density at radius 3 is 2.29 bits per heavy atom. The van der Waals surface area contributed by atoms with Gasteiger partial charge in [0.1, 0.15) is 17.2 Å². The van der Waals surface area contributed by atoms with Crippen molar-refractivity contribution in [2.75, 3.05) is 30.6 Å². The molecule has 45 heavy (non-hydrogen) atoms. The largest absolute Gasteiger partial charge is 0.497 e. The minimum absolute atomic E-state index is 0.0260. The molecule has 0 fully saturated rings. The molecule has 0 radical (unpaired) electrons. The van der Waals surface area contributed by atoms with Gasteiger partial charge in [-0.3, -0.25) is 24.5 Å². The van der Waals surface area contributed by atoms with Crippen molar-refractivity contribution in [2.24, 2.45) is 0 Å². The fourth-order valence-corrected chi connectivity index (χ4v) is 4.77. The van der Waals surface area contributed by atoms with Crippen molar-refractivity contribution in [3.8, 4) is 11.5 Å². The summed E-state index contributed by atoms with van der Waals surface area (Å²) in [5.74, 6) is -0.285. The van der Waals surface area contributed by atoms with E-state index in [-0.39, 0.29) is 23.0 Å². The lowest BCUT2D eigenvalue weighted by Gasteiger charge is -2.13. The van der Waals surface area contributed by atoms with Crippen LogP contribution in [0, 0.1) is 17.0 Å². The number of thioether (sulfide) groups is 1. The van der Waals surface area contributed by atoms with E-state index in [1.54, 1.807) is 85.8 Å². The van der Waals surface area contributed by atoms with Crippen molar-refractivity contribution in [3.63, 3.8) is 0 Å². The summed E-state index contributed by atoms with van der Waals surface area (Å²) in [4.78, 5) is 50.2. The number of carbonyl (C=O) groups is 3. The zero-order chi connectivity index (χ0) is 32.3. The number of nitro benzene ring substituents is 1. The highest BCUT2D eigenvalue weighted by Crippen LogP contribution is 2.27. The summed E-state index contributed by atoms with van der Waals surface area (Å²) in [5.41, 5.74) is 2.29. The Kier molecular flexibility index (Phi) is 10.9. The molecule has 4 rings (SSSR count). The summed E-state index contributed by atoms with van der Waals surface area (Å²) >= 11 is 1.26. The molecule has 0 aliphatic rings. The van der Waals surface area contributed by atoms with Crippen LogP contribution < -0.4 is 25.4 Å². The van der Waals surface area contributed by atoms with Crippen LogP contribution >= 0.6 is 11.8 Å². The molecule has 3 N–H and O–H groups in total. The first-order chi connectivity index (χ1) is 21.7. The third-order valence-corrected chi connectivity index (χ3v) is 7.47. The number of non-ortho nitro benzene ring substituents is 1. The molecule has 4 aromatic rings. The van der Waals surface area contributed by atoms with Crippen molar-refractivity contribution < 1.29 is 28.8 Å². The van der Waals surface area contributed by atoms with Crippen molar-refractivity contribution >= 4 is 52.6 Å². The van der Waals surface area contributed by atoms with Crippen LogP contribution in [0.5, 0.6) is 11.5 Å². The summed E-state index contributed by atoms with van der Waals surface area (Å²) in [6, 6.07) is 24.7. The Hall–Kier alpha value is -5.62. The van der Waals surface area contributed by atoms with Gasteiger partial charge in [-0.1, -0.05) is 24.3 Å². The second kappa shape index (κ2) is 15.2. The first-order valence-electron chi connectivity index (χ1n) is 13.6. The minimum Gasteiger partial charge on any atom is -0.497 e. The molecule has 0 aliphatic heterocycles. The number of anilines is 2. The number of benzene rings is 4. The van der Waals surface area contributed by atoms with E-state index in [2.05, 4.69) is 16.0 Å². The summed E-state index contributed by atoms with van der Waals surface area (Å²) in [7, 11) is 3.02. The number of carbonyl (C=O) groups excluding carboxylic acids is 3. The third kappa shape index (κ3) is 8.94. The lowest BCUT2D eigenvalue weighted by atomic mass is 10.1. The quantitative estimate of drug-likeness (QED) is 0.0744. The Labute approximate surface area is 263 Å². The van der Waals surface area contributed by atoms with Gasteiger partial charge < -0.3 is 25.4 Å². The molecule has 0 atom stereocenters. The molecule has 3 amide bonds. The highest BCUT2D eigenvalue weighted by atomic mass is 32.2. The van der Waals surface area contributed by atoms with Gasteiger partial charge in [0, 0.05) is 33.8 Å². The Morgan fingerprint density at radius 1 is 0.889 bits per heavy atom. The van der Waals surface area contributed by atoms with Crippen LogP contribution in [0.1, 0.15) is 21.5 Å². The van der Waals surface area contributed by atoms with Crippen LogP contribution in [0.4, 0.5) is 17.1 Å². The van der Waals surface area contributed by atoms with E-state index in [0.717, 1.165) is 4.90 Å². The van der Waals surface area contributed by atoms with E-state index in [1.807, 2.05) is 0 Å². The molecule has 0 heterocycles. The van der Waals surface area contributed by atoms with E-state index in [0.29, 0.717) is 39.6 Å². The second-order valence-corrected chi connectivity index (χ2v) is 10.6. The van der Waals surface area contributed by atoms with Gasteiger partial charge in [-0.25, -0.2) is 0 Å². The zero-order valence-corrected chi connectivity index (χ0v) is 25.5.